The maximum atomic E-state index is 11.5. The van der Waals surface area contributed by atoms with E-state index < -0.39 is 35.7 Å². The van der Waals surface area contributed by atoms with Gasteiger partial charge in [0.15, 0.2) is 0 Å². The summed E-state index contributed by atoms with van der Waals surface area (Å²) in [5.74, 6) is -4.35. The number of hydrogen-bond donors (Lipinski definition) is 2. The van der Waals surface area contributed by atoms with Crippen LogP contribution in [0.25, 0.3) is 0 Å². The van der Waals surface area contributed by atoms with Crippen LogP contribution in [-0.2, 0) is 14.4 Å². The molecular weight excluding hydrogens is 578 g/mol. The van der Waals surface area contributed by atoms with E-state index in [4.69, 9.17) is 0 Å². The summed E-state index contributed by atoms with van der Waals surface area (Å²) < 4.78 is 0.565. The topological polar surface area (TPSA) is 115 Å². The fourth-order valence-electron chi connectivity index (χ4n) is 6.19. The Labute approximate surface area is 283 Å². The highest BCUT2D eigenvalue weighted by Crippen LogP contribution is 2.21. The van der Waals surface area contributed by atoms with Gasteiger partial charge in [0.05, 0.1) is 38.0 Å². The lowest BCUT2D eigenvalue weighted by Crippen LogP contribution is -2.52. The van der Waals surface area contributed by atoms with Crippen molar-refractivity contribution in [1.82, 2.24) is 0 Å². The Morgan fingerprint density at radius 3 is 1.20 bits per heavy atom. The van der Waals surface area contributed by atoms with Gasteiger partial charge in [0, 0.05) is 31.1 Å². The molecule has 0 saturated heterocycles. The van der Waals surface area contributed by atoms with Crippen LogP contribution in [0.5, 0.6) is 0 Å². The highest BCUT2D eigenvalue weighted by atomic mass is 16.4. The Balaban J connectivity index is 4.34. The largest absolute Gasteiger partial charge is 0.550 e. The Bertz CT molecular complexity index is 738. The van der Waals surface area contributed by atoms with Crippen LogP contribution in [0, 0.1) is 17.8 Å². The quantitative estimate of drug-likeness (QED) is 0.0407. The highest BCUT2D eigenvalue weighted by Gasteiger charge is 2.30. The molecule has 0 aliphatic rings. The van der Waals surface area contributed by atoms with Crippen molar-refractivity contribution in [2.45, 2.75) is 175 Å². The molecule has 2 N–H and O–H groups in total. The molecule has 0 aromatic carbocycles. The van der Waals surface area contributed by atoms with E-state index in [2.05, 4.69) is 19.1 Å². The van der Waals surface area contributed by atoms with Crippen LogP contribution in [0.2, 0.25) is 0 Å². The van der Waals surface area contributed by atoms with Crippen LogP contribution < -0.4 is 5.11 Å². The zero-order chi connectivity index (χ0) is 34.5. The van der Waals surface area contributed by atoms with Crippen molar-refractivity contribution in [3.63, 3.8) is 0 Å². The smallest absolute Gasteiger partial charge is 0.306 e. The molecule has 3 unspecified atom stereocenters. The molecule has 0 heterocycles. The molecule has 0 saturated carbocycles. The zero-order valence-electron chi connectivity index (χ0n) is 30.5. The van der Waals surface area contributed by atoms with E-state index in [9.17, 15) is 29.7 Å². The molecule has 270 valence electrons. The fraction of sp³-hybridized carbons (Fsp3) is 0.872. The maximum Gasteiger partial charge on any atom is 0.306 e. The number of carbonyl (C=O) groups excluding carboxylic acids is 1. The third-order valence-electron chi connectivity index (χ3n) is 10.00. The molecule has 0 bridgehead atoms. The average Bonchev–Trinajstić information content (AvgIpc) is 3.03. The second-order valence-corrected chi connectivity index (χ2v) is 14.4. The Morgan fingerprint density at radius 2 is 0.848 bits per heavy atom. The predicted octanol–water partition coefficient (Wildman–Crippen LogP) is 9.18. The third-order valence-corrected chi connectivity index (χ3v) is 10.00. The van der Waals surface area contributed by atoms with E-state index in [1.807, 2.05) is 0 Å². The summed E-state index contributed by atoms with van der Waals surface area (Å²) in [6.07, 6.45) is 32.1. The maximum absolute atomic E-state index is 11.5. The van der Waals surface area contributed by atoms with Gasteiger partial charge in [0.2, 0.25) is 0 Å². The van der Waals surface area contributed by atoms with Crippen molar-refractivity contribution < 1.29 is 34.2 Å². The first-order valence-corrected chi connectivity index (χ1v) is 19.2. The number of rotatable bonds is 34. The van der Waals surface area contributed by atoms with Gasteiger partial charge in [-0.2, -0.15) is 0 Å². The van der Waals surface area contributed by atoms with Crippen LogP contribution in [0.3, 0.4) is 0 Å². The van der Waals surface area contributed by atoms with E-state index in [0.29, 0.717) is 43.4 Å². The molecule has 7 heteroatoms. The Morgan fingerprint density at radius 1 is 0.522 bits per heavy atom. The summed E-state index contributed by atoms with van der Waals surface area (Å²) in [5, 5.41) is 30.3. The highest BCUT2D eigenvalue weighted by molar-refractivity contribution is 5.69. The number of aliphatic carboxylic acids is 3. The summed E-state index contributed by atoms with van der Waals surface area (Å²) in [5.41, 5.74) is 0. The molecule has 0 spiro atoms. The van der Waals surface area contributed by atoms with Gasteiger partial charge in [-0.3, -0.25) is 9.59 Å². The summed E-state index contributed by atoms with van der Waals surface area (Å²) in [6, 6.07) is 0. The number of carboxylic acid groups (broad SMARTS) is 3. The van der Waals surface area contributed by atoms with Crippen LogP contribution in [-0.4, -0.2) is 58.8 Å². The molecule has 46 heavy (non-hydrogen) atoms. The van der Waals surface area contributed by atoms with E-state index in [1.165, 1.54) is 103 Å². The molecule has 0 aromatic rings. The minimum Gasteiger partial charge on any atom is -0.550 e. The molecule has 0 fully saturated rings. The lowest BCUT2D eigenvalue weighted by molar-refractivity contribution is -0.929. The summed E-state index contributed by atoms with van der Waals surface area (Å²) in [7, 11) is 0. The van der Waals surface area contributed by atoms with E-state index in [-0.39, 0.29) is 0 Å². The second-order valence-electron chi connectivity index (χ2n) is 14.4. The lowest BCUT2D eigenvalue weighted by atomic mass is 10.0. The van der Waals surface area contributed by atoms with Gasteiger partial charge in [0.1, 0.15) is 0 Å². The normalized spacial score (nSPS) is 15.0. The fourth-order valence-corrected chi connectivity index (χ4v) is 6.19. The van der Waals surface area contributed by atoms with Gasteiger partial charge in [-0.1, -0.05) is 136 Å². The lowest BCUT2D eigenvalue weighted by Gasteiger charge is -2.41. The van der Waals surface area contributed by atoms with Gasteiger partial charge in [-0.15, -0.1) is 0 Å². The molecule has 7 nitrogen and oxygen atoms in total. The van der Waals surface area contributed by atoms with E-state index >= 15 is 0 Å². The first kappa shape index (κ1) is 44.1. The van der Waals surface area contributed by atoms with E-state index in [1.54, 1.807) is 20.8 Å². The number of carbonyl (C=O) groups is 3. The van der Waals surface area contributed by atoms with Crippen LogP contribution in [0.15, 0.2) is 12.2 Å². The van der Waals surface area contributed by atoms with Crippen molar-refractivity contribution in [3.05, 3.63) is 12.2 Å². The number of nitrogens with zero attached hydrogens (tertiary/aromatic N) is 1. The van der Waals surface area contributed by atoms with Gasteiger partial charge >= 0.3 is 11.9 Å². The molecule has 3 atom stereocenters. The summed E-state index contributed by atoms with van der Waals surface area (Å²) >= 11 is 0. The van der Waals surface area contributed by atoms with Gasteiger partial charge in [-0.05, 0) is 32.1 Å². The number of quaternary nitrogens is 1. The number of allylic oxidation sites excluding steroid dienone is 2. The van der Waals surface area contributed by atoms with E-state index in [0.717, 1.165) is 32.2 Å². The van der Waals surface area contributed by atoms with Crippen LogP contribution in [0.4, 0.5) is 0 Å². The zero-order valence-corrected chi connectivity index (χ0v) is 30.5. The number of hydrogen-bond acceptors (Lipinski definition) is 4. The number of carboxylic acids is 3. The van der Waals surface area contributed by atoms with Crippen molar-refractivity contribution in [3.8, 4) is 0 Å². The first-order valence-electron chi connectivity index (χ1n) is 19.2. The predicted molar refractivity (Wildman–Crippen MR) is 189 cm³/mol. The second kappa shape index (κ2) is 29.3. The standard InChI is InChI=1S/C39H73NO6/c1-5-6-7-8-9-10-11-12-13-14-15-16-17-18-19-20-21-22-23-24-25-26-30-40(31-27-34(2)37(41)42,32-28-35(3)38(43)44)33-29-36(4)39(45)46/h22-23,34-36H,5-21,24-33H2,1-4H3,(H2-,41,42,43,44,45,46)/b23-22+. The van der Waals surface area contributed by atoms with Crippen molar-refractivity contribution in [2.24, 2.45) is 17.8 Å². The molecule has 0 rings (SSSR count). The van der Waals surface area contributed by atoms with Gasteiger partial charge in [0.25, 0.3) is 0 Å². The third kappa shape index (κ3) is 25.2. The summed E-state index contributed by atoms with van der Waals surface area (Å²) in [6.45, 7) is 9.92. The SMILES string of the molecule is CCCCCCCCCCCCCCCCCC/C=C/CCCC[N+](CCC(C)C(=O)[O-])(CCC(C)C(=O)O)CCC(C)C(=O)O. The Kier molecular flexibility index (Phi) is 28.1. The molecule has 0 amide bonds. The van der Waals surface area contributed by atoms with Crippen LogP contribution in [0.1, 0.15) is 175 Å². The van der Waals surface area contributed by atoms with Gasteiger partial charge in [-0.25, -0.2) is 0 Å². The van der Waals surface area contributed by atoms with Crippen molar-refractivity contribution in [1.29, 1.82) is 0 Å². The minimum absolute atomic E-state index is 0.435. The monoisotopic (exact) mass is 652 g/mol. The molecule has 0 aromatic heterocycles. The van der Waals surface area contributed by atoms with Crippen molar-refractivity contribution >= 4 is 17.9 Å². The van der Waals surface area contributed by atoms with Crippen LogP contribution >= 0.6 is 0 Å². The van der Waals surface area contributed by atoms with Crippen molar-refractivity contribution in [2.75, 3.05) is 26.2 Å². The Hall–Kier alpha value is -1.89. The average molecular weight is 652 g/mol. The van der Waals surface area contributed by atoms with Gasteiger partial charge < -0.3 is 24.6 Å². The molecular formula is C39H73NO6. The molecule has 0 radical (unpaired) electrons. The minimum atomic E-state index is -1.08. The molecule has 0 aliphatic carbocycles. The summed E-state index contributed by atoms with van der Waals surface area (Å²) in [4.78, 5) is 34.4. The molecule has 0 aliphatic heterocycles. The first-order chi connectivity index (χ1) is 22.0. The number of unbranched alkanes of at least 4 members (excludes halogenated alkanes) is 18.